The minimum Gasteiger partial charge on any atom is -0.419 e. The summed E-state index contributed by atoms with van der Waals surface area (Å²) in [5.41, 5.74) is 1.48. The summed E-state index contributed by atoms with van der Waals surface area (Å²) < 4.78 is 6.72. The molecule has 0 radical (unpaired) electrons. The van der Waals surface area contributed by atoms with Gasteiger partial charge in [0.05, 0.1) is 5.69 Å². The number of aryl methyl sites for hydroxylation is 1. The average molecular weight is 342 g/mol. The number of hydrogen-bond acceptors (Lipinski definition) is 6. The molecule has 7 nitrogen and oxygen atoms in total. The first-order chi connectivity index (χ1) is 11.5. The number of hydrogen-bond donors (Lipinski definition) is 0. The van der Waals surface area contributed by atoms with Gasteiger partial charge < -0.3 is 4.42 Å². The molecule has 2 heterocycles. The maximum atomic E-state index is 12.3. The summed E-state index contributed by atoms with van der Waals surface area (Å²) >= 11 is 5.85. The van der Waals surface area contributed by atoms with Crippen molar-refractivity contribution in [1.29, 1.82) is 5.26 Å². The van der Waals surface area contributed by atoms with Gasteiger partial charge >= 0.3 is 0 Å². The molecule has 0 saturated heterocycles. The normalized spacial score (nSPS) is 10.6. The minimum absolute atomic E-state index is 0.00474. The first-order valence-electron chi connectivity index (χ1n) is 7.06. The van der Waals surface area contributed by atoms with Gasteiger partial charge in [-0.25, -0.2) is 4.68 Å². The van der Waals surface area contributed by atoms with Gasteiger partial charge in [-0.2, -0.15) is 10.4 Å². The van der Waals surface area contributed by atoms with Crippen LogP contribution in [0.4, 0.5) is 0 Å². The molecular formula is C16H12ClN5O2. The van der Waals surface area contributed by atoms with E-state index in [-0.39, 0.29) is 18.0 Å². The number of rotatable bonds is 3. The minimum atomic E-state index is -0.480. The zero-order valence-corrected chi connectivity index (χ0v) is 13.7. The van der Waals surface area contributed by atoms with E-state index in [1.165, 1.54) is 0 Å². The quantitative estimate of drug-likeness (QED) is 0.725. The molecule has 1 aromatic carbocycles. The Hall–Kier alpha value is -2.98. The van der Waals surface area contributed by atoms with Crippen molar-refractivity contribution in [3.8, 4) is 17.5 Å². The van der Waals surface area contributed by atoms with Crippen LogP contribution in [-0.4, -0.2) is 20.0 Å². The largest absolute Gasteiger partial charge is 0.419 e. The van der Waals surface area contributed by atoms with Crippen LogP contribution in [0.5, 0.6) is 0 Å². The molecule has 3 aromatic rings. The van der Waals surface area contributed by atoms with Crippen molar-refractivity contribution >= 4 is 11.6 Å². The molecule has 0 saturated carbocycles. The van der Waals surface area contributed by atoms with E-state index in [1.807, 2.05) is 6.07 Å². The lowest BCUT2D eigenvalue weighted by Gasteiger charge is -2.06. The Labute approximate surface area is 142 Å². The van der Waals surface area contributed by atoms with E-state index in [0.717, 1.165) is 10.2 Å². The molecule has 0 fully saturated rings. The zero-order valence-electron chi connectivity index (χ0n) is 12.9. The number of benzene rings is 1. The van der Waals surface area contributed by atoms with E-state index in [0.29, 0.717) is 22.2 Å². The summed E-state index contributed by atoms with van der Waals surface area (Å²) in [5.74, 6) is 0.542. The van der Waals surface area contributed by atoms with Gasteiger partial charge in [-0.15, -0.1) is 10.2 Å². The Morgan fingerprint density at radius 1 is 1.25 bits per heavy atom. The van der Waals surface area contributed by atoms with Gasteiger partial charge in [0, 0.05) is 10.6 Å². The van der Waals surface area contributed by atoms with Crippen molar-refractivity contribution in [3.63, 3.8) is 0 Å². The molecule has 2 aromatic heterocycles. The van der Waals surface area contributed by atoms with Crippen LogP contribution in [-0.2, 0) is 6.54 Å². The van der Waals surface area contributed by atoms with Crippen LogP contribution in [0.3, 0.4) is 0 Å². The molecule has 0 bridgehead atoms. The number of nitrogens with zero attached hydrogens (tertiary/aromatic N) is 5. The van der Waals surface area contributed by atoms with Gasteiger partial charge in [-0.1, -0.05) is 11.6 Å². The average Bonchev–Trinajstić information content (AvgIpc) is 3.02. The van der Waals surface area contributed by atoms with Crippen LogP contribution in [0.2, 0.25) is 5.02 Å². The highest BCUT2D eigenvalue weighted by atomic mass is 35.5. The standard InChI is InChI=1S/C16H12ClN5O2/c1-9-10(2)21-22(16(23)13(9)7-18)8-14-19-20-15(24-14)11-3-5-12(17)6-4-11/h3-6H,8H2,1-2H3. The SMILES string of the molecule is Cc1nn(Cc2nnc(-c3ccc(Cl)cc3)o2)c(=O)c(C#N)c1C. The van der Waals surface area contributed by atoms with Crippen LogP contribution >= 0.6 is 11.6 Å². The molecular weight excluding hydrogens is 330 g/mol. The number of nitriles is 1. The van der Waals surface area contributed by atoms with Crippen molar-refractivity contribution in [2.45, 2.75) is 20.4 Å². The lowest BCUT2D eigenvalue weighted by Crippen LogP contribution is -2.28. The van der Waals surface area contributed by atoms with Gasteiger partial charge in [-0.3, -0.25) is 4.79 Å². The lowest BCUT2D eigenvalue weighted by atomic mass is 10.1. The fraction of sp³-hybridized carbons (Fsp3) is 0.188. The molecule has 0 aliphatic carbocycles. The van der Waals surface area contributed by atoms with E-state index in [9.17, 15) is 4.79 Å². The third-order valence-electron chi connectivity index (χ3n) is 3.59. The summed E-state index contributed by atoms with van der Waals surface area (Å²) in [4.78, 5) is 12.3. The second-order valence-electron chi connectivity index (χ2n) is 5.17. The Bertz CT molecular complexity index is 999. The highest BCUT2D eigenvalue weighted by molar-refractivity contribution is 6.30. The van der Waals surface area contributed by atoms with E-state index in [4.69, 9.17) is 21.3 Å². The van der Waals surface area contributed by atoms with Crippen LogP contribution in [0.25, 0.3) is 11.5 Å². The third-order valence-corrected chi connectivity index (χ3v) is 3.84. The van der Waals surface area contributed by atoms with Crippen LogP contribution < -0.4 is 5.56 Å². The second kappa shape index (κ2) is 6.26. The molecule has 8 heteroatoms. The van der Waals surface area contributed by atoms with Gasteiger partial charge in [0.15, 0.2) is 0 Å². The molecule has 0 N–H and O–H groups in total. The first-order valence-corrected chi connectivity index (χ1v) is 7.44. The van der Waals surface area contributed by atoms with Gasteiger partial charge in [0.1, 0.15) is 18.2 Å². The predicted octanol–water partition coefficient (Wildman–Crippen LogP) is 2.48. The topological polar surface area (TPSA) is 97.6 Å². The fourth-order valence-electron chi connectivity index (χ4n) is 2.17. The van der Waals surface area contributed by atoms with Crippen molar-refractivity contribution < 1.29 is 4.42 Å². The molecule has 0 unspecified atom stereocenters. The van der Waals surface area contributed by atoms with E-state index in [1.54, 1.807) is 38.1 Å². The Balaban J connectivity index is 1.94. The highest BCUT2D eigenvalue weighted by Gasteiger charge is 2.15. The molecule has 120 valence electrons. The molecule has 0 atom stereocenters. The van der Waals surface area contributed by atoms with Crippen molar-refractivity contribution in [3.05, 3.63) is 62.4 Å². The summed E-state index contributed by atoms with van der Waals surface area (Å²) in [7, 11) is 0. The Morgan fingerprint density at radius 3 is 2.62 bits per heavy atom. The zero-order chi connectivity index (χ0) is 17.3. The van der Waals surface area contributed by atoms with Gasteiger partial charge in [0.25, 0.3) is 5.56 Å². The van der Waals surface area contributed by atoms with Crippen molar-refractivity contribution in [2.75, 3.05) is 0 Å². The van der Waals surface area contributed by atoms with Crippen molar-refractivity contribution in [1.82, 2.24) is 20.0 Å². The Morgan fingerprint density at radius 2 is 1.96 bits per heavy atom. The van der Waals surface area contributed by atoms with Crippen LogP contribution in [0.15, 0.2) is 33.5 Å². The molecule has 3 rings (SSSR count). The molecule has 0 spiro atoms. The number of aromatic nitrogens is 4. The predicted molar refractivity (Wildman–Crippen MR) is 86.5 cm³/mol. The van der Waals surface area contributed by atoms with E-state index >= 15 is 0 Å². The van der Waals surface area contributed by atoms with Crippen LogP contribution in [0.1, 0.15) is 22.7 Å². The second-order valence-corrected chi connectivity index (χ2v) is 5.60. The number of halogens is 1. The summed E-state index contributed by atoms with van der Waals surface area (Å²) in [5, 5.41) is 21.8. The maximum Gasteiger partial charge on any atom is 0.285 e. The van der Waals surface area contributed by atoms with Gasteiger partial charge in [-0.05, 0) is 43.7 Å². The van der Waals surface area contributed by atoms with Crippen LogP contribution in [0, 0.1) is 25.2 Å². The highest BCUT2D eigenvalue weighted by Crippen LogP contribution is 2.20. The third kappa shape index (κ3) is 2.92. The summed E-state index contributed by atoms with van der Waals surface area (Å²) in [6, 6.07) is 8.87. The fourth-order valence-corrected chi connectivity index (χ4v) is 2.29. The molecule has 0 aliphatic rings. The monoisotopic (exact) mass is 341 g/mol. The molecule has 0 amide bonds. The smallest absolute Gasteiger partial charge is 0.285 e. The van der Waals surface area contributed by atoms with E-state index in [2.05, 4.69) is 15.3 Å². The summed E-state index contributed by atoms with van der Waals surface area (Å²) in [6.45, 7) is 3.42. The lowest BCUT2D eigenvalue weighted by molar-refractivity contribution is 0.463. The maximum absolute atomic E-state index is 12.3. The summed E-state index contributed by atoms with van der Waals surface area (Å²) in [6.07, 6.45) is 0. The molecule has 24 heavy (non-hydrogen) atoms. The Kier molecular flexibility index (Phi) is 4.15. The first kappa shape index (κ1) is 15.9. The van der Waals surface area contributed by atoms with E-state index < -0.39 is 5.56 Å². The van der Waals surface area contributed by atoms with Gasteiger partial charge in [0.2, 0.25) is 11.8 Å². The molecule has 0 aliphatic heterocycles. The van der Waals surface area contributed by atoms with Crippen molar-refractivity contribution in [2.24, 2.45) is 0 Å².